The Hall–Kier alpha value is -1.95. The summed E-state index contributed by atoms with van der Waals surface area (Å²) in [6.45, 7) is 5.73. The van der Waals surface area contributed by atoms with Crippen molar-refractivity contribution in [2.45, 2.75) is 26.2 Å². The minimum Gasteiger partial charge on any atom is -0.381 e. The van der Waals surface area contributed by atoms with Gasteiger partial charge in [0, 0.05) is 45.2 Å². The van der Waals surface area contributed by atoms with Crippen LogP contribution in [0.5, 0.6) is 0 Å². The smallest absolute Gasteiger partial charge is 0.228 e. The summed E-state index contributed by atoms with van der Waals surface area (Å²) in [4.78, 5) is 23.5. The zero-order valence-corrected chi connectivity index (χ0v) is 14.3. The minimum atomic E-state index is -0.0522. The van der Waals surface area contributed by atoms with Crippen molar-refractivity contribution < 1.29 is 9.53 Å². The molecule has 2 aliphatic rings. The average molecular weight is 330 g/mol. The summed E-state index contributed by atoms with van der Waals surface area (Å²) in [6.07, 6.45) is 8.47. The van der Waals surface area contributed by atoms with E-state index < -0.39 is 0 Å². The van der Waals surface area contributed by atoms with E-state index in [1.54, 1.807) is 18.5 Å². The van der Waals surface area contributed by atoms with Crippen LogP contribution in [0.1, 0.15) is 26.2 Å². The molecule has 6 heteroatoms. The summed E-state index contributed by atoms with van der Waals surface area (Å²) in [7, 11) is 0. The van der Waals surface area contributed by atoms with E-state index in [0.717, 1.165) is 45.6 Å². The van der Waals surface area contributed by atoms with Crippen molar-refractivity contribution in [2.24, 2.45) is 11.8 Å². The molecule has 0 radical (unpaired) electrons. The van der Waals surface area contributed by atoms with Crippen LogP contribution in [0.3, 0.4) is 0 Å². The van der Waals surface area contributed by atoms with Crippen LogP contribution in [-0.4, -0.2) is 53.6 Å². The number of hydrogen-bond acceptors (Lipinski definition) is 5. The molecule has 0 aromatic carbocycles. The third-order valence-corrected chi connectivity index (χ3v) is 4.84. The number of rotatable bonds is 5. The molecule has 0 aliphatic carbocycles. The van der Waals surface area contributed by atoms with E-state index in [4.69, 9.17) is 4.74 Å². The van der Waals surface area contributed by atoms with Crippen molar-refractivity contribution in [1.29, 1.82) is 0 Å². The van der Waals surface area contributed by atoms with E-state index in [1.165, 1.54) is 5.57 Å². The molecule has 2 aliphatic heterocycles. The summed E-state index contributed by atoms with van der Waals surface area (Å²) in [5.41, 5.74) is 1.28. The lowest BCUT2D eigenvalue weighted by molar-refractivity contribution is -0.137. The second kappa shape index (κ2) is 8.24. The summed E-state index contributed by atoms with van der Waals surface area (Å²) >= 11 is 0. The molecule has 1 amide bonds. The van der Waals surface area contributed by atoms with Gasteiger partial charge in [0.1, 0.15) is 0 Å². The predicted octanol–water partition coefficient (Wildman–Crippen LogP) is 2.11. The Morgan fingerprint density at radius 1 is 1.38 bits per heavy atom. The molecule has 1 N–H and O–H groups in total. The number of amides is 1. The second-order valence-electron chi connectivity index (χ2n) is 6.61. The van der Waals surface area contributed by atoms with Gasteiger partial charge in [-0.3, -0.25) is 4.79 Å². The van der Waals surface area contributed by atoms with Crippen LogP contribution in [0.4, 0.5) is 5.95 Å². The fraction of sp³-hybridized carbons (Fsp3) is 0.611. The van der Waals surface area contributed by atoms with E-state index >= 15 is 0 Å². The number of nitrogens with one attached hydrogen (secondary N) is 1. The van der Waals surface area contributed by atoms with E-state index in [0.29, 0.717) is 18.4 Å². The van der Waals surface area contributed by atoms with Gasteiger partial charge in [-0.15, -0.1) is 0 Å². The fourth-order valence-electron chi connectivity index (χ4n) is 3.50. The van der Waals surface area contributed by atoms with Crippen LogP contribution >= 0.6 is 0 Å². The minimum absolute atomic E-state index is 0.0522. The average Bonchev–Trinajstić information content (AvgIpc) is 2.63. The van der Waals surface area contributed by atoms with Gasteiger partial charge in [0.2, 0.25) is 11.9 Å². The number of anilines is 1. The zero-order valence-electron chi connectivity index (χ0n) is 14.3. The van der Waals surface area contributed by atoms with Crippen LogP contribution in [-0.2, 0) is 9.53 Å². The fourth-order valence-corrected chi connectivity index (χ4v) is 3.50. The molecule has 1 atom stereocenters. The monoisotopic (exact) mass is 330 g/mol. The highest BCUT2D eigenvalue weighted by Gasteiger charge is 2.33. The van der Waals surface area contributed by atoms with Gasteiger partial charge in [0.05, 0.1) is 5.92 Å². The number of carbonyl (C=O) groups excluding carboxylic acids is 1. The second-order valence-corrected chi connectivity index (χ2v) is 6.61. The largest absolute Gasteiger partial charge is 0.381 e. The first kappa shape index (κ1) is 16.9. The first-order valence-electron chi connectivity index (χ1n) is 8.77. The van der Waals surface area contributed by atoms with E-state index in [9.17, 15) is 4.79 Å². The molecule has 0 spiro atoms. The molecule has 1 fully saturated rings. The van der Waals surface area contributed by atoms with Crippen LogP contribution in [0, 0.1) is 11.8 Å². The number of hydrogen-bond donors (Lipinski definition) is 1. The summed E-state index contributed by atoms with van der Waals surface area (Å²) < 4.78 is 5.48. The summed E-state index contributed by atoms with van der Waals surface area (Å²) in [5.74, 6) is 1.13. The van der Waals surface area contributed by atoms with Crippen molar-refractivity contribution in [3.05, 3.63) is 30.1 Å². The van der Waals surface area contributed by atoms with Crippen LogP contribution in [0.2, 0.25) is 0 Å². The normalized spacial score (nSPS) is 20.4. The molecule has 0 bridgehead atoms. The number of carbonyl (C=O) groups is 1. The lowest BCUT2D eigenvalue weighted by Gasteiger charge is -2.35. The van der Waals surface area contributed by atoms with Crippen molar-refractivity contribution in [2.75, 3.05) is 38.2 Å². The quantitative estimate of drug-likeness (QED) is 0.838. The van der Waals surface area contributed by atoms with Gasteiger partial charge in [0.25, 0.3) is 0 Å². The third kappa shape index (κ3) is 4.32. The van der Waals surface area contributed by atoms with Gasteiger partial charge in [-0.25, -0.2) is 9.97 Å². The first-order valence-corrected chi connectivity index (χ1v) is 8.77. The maximum atomic E-state index is 13.1. The van der Waals surface area contributed by atoms with Crippen LogP contribution in [0.15, 0.2) is 30.1 Å². The molecule has 1 aromatic rings. The van der Waals surface area contributed by atoms with Gasteiger partial charge in [-0.2, -0.15) is 0 Å². The Kier molecular flexibility index (Phi) is 5.80. The molecule has 1 unspecified atom stereocenters. The van der Waals surface area contributed by atoms with Gasteiger partial charge in [-0.05, 0) is 38.2 Å². The maximum absolute atomic E-state index is 13.1. The van der Waals surface area contributed by atoms with Crippen molar-refractivity contribution in [3.63, 3.8) is 0 Å². The molecule has 3 heterocycles. The number of ether oxygens (including phenoxy) is 1. The number of nitrogens with zero attached hydrogens (tertiary/aromatic N) is 3. The maximum Gasteiger partial charge on any atom is 0.228 e. The van der Waals surface area contributed by atoms with Gasteiger partial charge in [0.15, 0.2) is 0 Å². The molecule has 1 aromatic heterocycles. The molecule has 1 saturated heterocycles. The zero-order chi connectivity index (χ0) is 16.8. The Morgan fingerprint density at radius 3 is 2.83 bits per heavy atom. The van der Waals surface area contributed by atoms with E-state index in [-0.39, 0.29) is 11.8 Å². The molecule has 24 heavy (non-hydrogen) atoms. The number of aromatic nitrogens is 2. The lowest BCUT2D eigenvalue weighted by Crippen LogP contribution is -2.45. The summed E-state index contributed by atoms with van der Waals surface area (Å²) in [6, 6.07) is 1.79. The van der Waals surface area contributed by atoms with E-state index in [1.807, 2.05) is 4.90 Å². The van der Waals surface area contributed by atoms with Gasteiger partial charge >= 0.3 is 0 Å². The molecular weight excluding hydrogens is 304 g/mol. The molecule has 130 valence electrons. The molecule has 0 saturated carbocycles. The lowest BCUT2D eigenvalue weighted by atomic mass is 9.84. The highest BCUT2D eigenvalue weighted by Crippen LogP contribution is 2.27. The van der Waals surface area contributed by atoms with E-state index in [2.05, 4.69) is 28.3 Å². The SMILES string of the molecule is CC1=CCCN(C(=O)C(CNc2ncccn2)C2CCOCC2)C1. The summed E-state index contributed by atoms with van der Waals surface area (Å²) in [5, 5.41) is 3.25. The van der Waals surface area contributed by atoms with Crippen LogP contribution < -0.4 is 5.32 Å². The highest BCUT2D eigenvalue weighted by atomic mass is 16.5. The molecule has 6 nitrogen and oxygen atoms in total. The standard InChI is InChI=1S/C18H26N4O2/c1-14-4-2-9-22(13-14)17(23)16(15-5-10-24-11-6-15)12-21-18-19-7-3-8-20-18/h3-4,7-8,15-16H,2,5-6,9-13H2,1H3,(H,19,20,21). The van der Waals surface area contributed by atoms with Crippen molar-refractivity contribution >= 4 is 11.9 Å². The Bertz CT molecular complexity index is 570. The van der Waals surface area contributed by atoms with Gasteiger partial charge in [-0.1, -0.05) is 11.6 Å². The Balaban J connectivity index is 1.68. The van der Waals surface area contributed by atoms with Crippen LogP contribution in [0.25, 0.3) is 0 Å². The Morgan fingerprint density at radius 2 is 2.12 bits per heavy atom. The molecular formula is C18H26N4O2. The highest BCUT2D eigenvalue weighted by molar-refractivity contribution is 5.80. The van der Waals surface area contributed by atoms with Crippen molar-refractivity contribution in [3.8, 4) is 0 Å². The van der Waals surface area contributed by atoms with Crippen molar-refractivity contribution in [1.82, 2.24) is 14.9 Å². The van der Waals surface area contributed by atoms with Gasteiger partial charge < -0.3 is 15.0 Å². The first-order chi connectivity index (χ1) is 11.7. The molecule has 3 rings (SSSR count). The predicted molar refractivity (Wildman–Crippen MR) is 92.5 cm³/mol. The Labute approximate surface area is 143 Å². The topological polar surface area (TPSA) is 67.4 Å². The third-order valence-electron chi connectivity index (χ3n) is 4.84.